The topological polar surface area (TPSA) is 89.9 Å². The number of carbonyl (C=O) groups is 2. The molecule has 0 aromatic carbocycles. The second-order valence-electron chi connectivity index (χ2n) is 5.34. The van der Waals surface area contributed by atoms with Crippen LogP contribution in [0.3, 0.4) is 0 Å². The van der Waals surface area contributed by atoms with Crippen molar-refractivity contribution >= 4 is 12.0 Å². The predicted octanol–water partition coefficient (Wildman–Crippen LogP) is 0.262. The van der Waals surface area contributed by atoms with Gasteiger partial charge in [0.2, 0.25) is 0 Å². The minimum atomic E-state index is -1.26. The molecule has 0 aromatic heterocycles. The minimum Gasteiger partial charge on any atom is -0.480 e. The molecule has 6 heteroatoms. The quantitative estimate of drug-likeness (QED) is 0.664. The summed E-state index contributed by atoms with van der Waals surface area (Å²) in [5.74, 6) is -1.23. The van der Waals surface area contributed by atoms with Gasteiger partial charge in [-0.25, -0.2) is 9.59 Å². The van der Waals surface area contributed by atoms with E-state index >= 15 is 0 Å². The maximum atomic E-state index is 11.8. The maximum absolute atomic E-state index is 11.8. The van der Waals surface area contributed by atoms with E-state index in [4.69, 9.17) is 5.11 Å². The highest BCUT2D eigenvalue weighted by atomic mass is 16.4. The molecule has 1 rings (SSSR count). The molecule has 1 heterocycles. The molecule has 2 amide bonds. The number of aliphatic hydroxyl groups is 1. The highest BCUT2D eigenvalue weighted by molar-refractivity contribution is 5.83. The van der Waals surface area contributed by atoms with Gasteiger partial charge in [-0.2, -0.15) is 0 Å². The summed E-state index contributed by atoms with van der Waals surface area (Å²) in [6.07, 6.45) is -0.223. The fraction of sp³-hybridized carbons (Fsp3) is 0.818. The lowest BCUT2D eigenvalue weighted by Crippen LogP contribution is -2.52. The third-order valence-electron chi connectivity index (χ3n) is 2.99. The van der Waals surface area contributed by atoms with Gasteiger partial charge in [0.15, 0.2) is 6.04 Å². The standard InChI is InChI=1S/C11H20N2O4/c1-7(14)8(9(15)16)12-10(17)13-5-4-11(2,3)6-13/h7-8,14H,4-6H2,1-3H3,(H,12,17)(H,15,16)/t7-,8+/m1/s1. The Morgan fingerprint density at radius 2 is 2.00 bits per heavy atom. The van der Waals surface area contributed by atoms with Crippen LogP contribution in [-0.2, 0) is 4.79 Å². The molecule has 6 nitrogen and oxygen atoms in total. The van der Waals surface area contributed by atoms with Crippen LogP contribution < -0.4 is 5.32 Å². The number of likely N-dealkylation sites (tertiary alicyclic amines) is 1. The van der Waals surface area contributed by atoms with Gasteiger partial charge in [-0.3, -0.25) is 0 Å². The molecule has 1 saturated heterocycles. The van der Waals surface area contributed by atoms with Crippen LogP contribution in [0, 0.1) is 5.41 Å². The first-order valence-corrected chi connectivity index (χ1v) is 5.69. The smallest absolute Gasteiger partial charge is 0.328 e. The van der Waals surface area contributed by atoms with E-state index in [2.05, 4.69) is 19.2 Å². The summed E-state index contributed by atoms with van der Waals surface area (Å²) < 4.78 is 0. The molecule has 17 heavy (non-hydrogen) atoms. The van der Waals surface area contributed by atoms with E-state index in [1.54, 1.807) is 4.90 Å². The van der Waals surface area contributed by atoms with E-state index < -0.39 is 24.1 Å². The van der Waals surface area contributed by atoms with E-state index in [1.165, 1.54) is 6.92 Å². The molecule has 0 aliphatic carbocycles. The van der Waals surface area contributed by atoms with Crippen molar-refractivity contribution in [3.63, 3.8) is 0 Å². The van der Waals surface area contributed by atoms with E-state index in [9.17, 15) is 14.7 Å². The highest BCUT2D eigenvalue weighted by Crippen LogP contribution is 2.28. The number of hydrogen-bond donors (Lipinski definition) is 3. The van der Waals surface area contributed by atoms with Crippen molar-refractivity contribution in [1.82, 2.24) is 10.2 Å². The van der Waals surface area contributed by atoms with Crippen LogP contribution in [0.15, 0.2) is 0 Å². The van der Waals surface area contributed by atoms with Crippen LogP contribution in [0.5, 0.6) is 0 Å². The molecule has 0 radical (unpaired) electrons. The van der Waals surface area contributed by atoms with Crippen LogP contribution in [0.4, 0.5) is 4.79 Å². The first-order chi connectivity index (χ1) is 7.73. The first-order valence-electron chi connectivity index (χ1n) is 5.69. The first kappa shape index (κ1) is 13.8. The Morgan fingerprint density at radius 3 is 2.35 bits per heavy atom. The lowest BCUT2D eigenvalue weighted by atomic mass is 9.93. The molecule has 1 aliphatic rings. The number of hydrogen-bond acceptors (Lipinski definition) is 3. The minimum absolute atomic E-state index is 0.0703. The fourth-order valence-electron chi connectivity index (χ4n) is 1.90. The van der Waals surface area contributed by atoms with Crippen LogP contribution in [-0.4, -0.2) is 52.3 Å². The second-order valence-corrected chi connectivity index (χ2v) is 5.34. The maximum Gasteiger partial charge on any atom is 0.328 e. The van der Waals surface area contributed by atoms with E-state index in [-0.39, 0.29) is 5.41 Å². The number of nitrogens with one attached hydrogen (secondary N) is 1. The summed E-state index contributed by atoms with van der Waals surface area (Å²) in [6, 6.07) is -1.69. The van der Waals surface area contributed by atoms with Crippen molar-refractivity contribution in [2.75, 3.05) is 13.1 Å². The van der Waals surface area contributed by atoms with Gasteiger partial charge in [0.25, 0.3) is 0 Å². The lowest BCUT2D eigenvalue weighted by molar-refractivity contribution is -0.141. The Labute approximate surface area is 101 Å². The summed E-state index contributed by atoms with van der Waals surface area (Å²) in [6.45, 7) is 6.68. The van der Waals surface area contributed by atoms with Gasteiger partial charge < -0.3 is 20.4 Å². The van der Waals surface area contributed by atoms with Crippen molar-refractivity contribution in [2.24, 2.45) is 5.41 Å². The Hall–Kier alpha value is -1.30. The van der Waals surface area contributed by atoms with Gasteiger partial charge in [-0.15, -0.1) is 0 Å². The number of aliphatic carboxylic acids is 1. The Balaban J connectivity index is 2.57. The number of carboxylic acids is 1. The molecule has 0 bridgehead atoms. The van der Waals surface area contributed by atoms with Crippen molar-refractivity contribution in [3.8, 4) is 0 Å². The SMILES string of the molecule is C[C@@H](O)[C@H](NC(=O)N1CCC(C)(C)C1)C(=O)O. The number of amides is 2. The second kappa shape index (κ2) is 4.91. The van der Waals surface area contributed by atoms with Crippen LogP contribution >= 0.6 is 0 Å². The van der Waals surface area contributed by atoms with Crippen molar-refractivity contribution in [2.45, 2.75) is 39.3 Å². The zero-order valence-electron chi connectivity index (χ0n) is 10.4. The van der Waals surface area contributed by atoms with Crippen LogP contribution in [0.2, 0.25) is 0 Å². The van der Waals surface area contributed by atoms with Crippen molar-refractivity contribution in [1.29, 1.82) is 0 Å². The van der Waals surface area contributed by atoms with E-state index in [0.29, 0.717) is 13.1 Å². The number of aliphatic hydroxyl groups excluding tert-OH is 1. The molecule has 1 fully saturated rings. The van der Waals surface area contributed by atoms with Crippen molar-refractivity contribution in [3.05, 3.63) is 0 Å². The Bertz CT molecular complexity index is 315. The molecule has 0 spiro atoms. The third-order valence-corrected chi connectivity index (χ3v) is 2.99. The van der Waals surface area contributed by atoms with Crippen LogP contribution in [0.25, 0.3) is 0 Å². The molecule has 0 aromatic rings. The third kappa shape index (κ3) is 3.59. The Kier molecular flexibility index (Phi) is 3.98. The van der Waals surface area contributed by atoms with Gasteiger partial charge >= 0.3 is 12.0 Å². The van der Waals surface area contributed by atoms with Crippen LogP contribution in [0.1, 0.15) is 27.2 Å². The van der Waals surface area contributed by atoms with Gasteiger partial charge in [0.1, 0.15) is 0 Å². The van der Waals surface area contributed by atoms with Gasteiger partial charge in [0.05, 0.1) is 6.10 Å². The Morgan fingerprint density at radius 1 is 1.41 bits per heavy atom. The lowest BCUT2D eigenvalue weighted by Gasteiger charge is -2.23. The zero-order chi connectivity index (χ0) is 13.2. The van der Waals surface area contributed by atoms with Gasteiger partial charge in [-0.05, 0) is 18.8 Å². The number of nitrogens with zero attached hydrogens (tertiary/aromatic N) is 1. The van der Waals surface area contributed by atoms with Crippen molar-refractivity contribution < 1.29 is 19.8 Å². The molecule has 1 aliphatic heterocycles. The summed E-state index contributed by atoms with van der Waals surface area (Å²) in [5.41, 5.74) is 0.0703. The number of carbonyl (C=O) groups excluding carboxylic acids is 1. The highest BCUT2D eigenvalue weighted by Gasteiger charge is 2.34. The molecule has 0 saturated carbocycles. The molecule has 3 N–H and O–H groups in total. The average Bonchev–Trinajstić information content (AvgIpc) is 2.53. The molecule has 2 atom stereocenters. The van der Waals surface area contributed by atoms with E-state index in [0.717, 1.165) is 6.42 Å². The summed E-state index contributed by atoms with van der Waals surface area (Å²) in [4.78, 5) is 24.2. The monoisotopic (exact) mass is 244 g/mol. The largest absolute Gasteiger partial charge is 0.480 e. The molecule has 98 valence electrons. The van der Waals surface area contributed by atoms with Gasteiger partial charge in [0, 0.05) is 13.1 Å². The predicted molar refractivity (Wildman–Crippen MR) is 61.6 cm³/mol. The zero-order valence-corrected chi connectivity index (χ0v) is 10.4. The fourth-order valence-corrected chi connectivity index (χ4v) is 1.90. The molecular weight excluding hydrogens is 224 g/mol. The number of rotatable bonds is 3. The number of urea groups is 1. The summed E-state index contributed by atoms with van der Waals surface area (Å²) in [5, 5.41) is 20.4. The molecule has 0 unspecified atom stereocenters. The summed E-state index contributed by atoms with van der Waals surface area (Å²) in [7, 11) is 0. The number of carboxylic acid groups (broad SMARTS) is 1. The molecular formula is C11H20N2O4. The average molecular weight is 244 g/mol. The van der Waals surface area contributed by atoms with E-state index in [1.807, 2.05) is 0 Å². The normalized spacial score (nSPS) is 22.0. The summed E-state index contributed by atoms with van der Waals surface area (Å²) >= 11 is 0. The van der Waals surface area contributed by atoms with Gasteiger partial charge in [-0.1, -0.05) is 13.8 Å².